The van der Waals surface area contributed by atoms with Gasteiger partial charge in [-0.2, -0.15) is 8.42 Å². The molecule has 14 heavy (non-hydrogen) atoms. The molecule has 2 atom stereocenters. The average molecular weight is 216 g/mol. The summed E-state index contributed by atoms with van der Waals surface area (Å²) in [5, 5.41) is 0. The first-order valence-corrected chi connectivity index (χ1v) is 6.33. The van der Waals surface area contributed by atoms with E-state index in [0.29, 0.717) is 12.8 Å². The third-order valence-corrected chi connectivity index (χ3v) is 6.27. The Balaban J connectivity index is 2.62. The van der Waals surface area contributed by atoms with E-state index in [1.165, 1.54) is 0 Å². The Morgan fingerprint density at radius 2 is 2.07 bits per heavy atom. The van der Waals surface area contributed by atoms with Gasteiger partial charge in [-0.25, -0.2) is 0 Å². The maximum Gasteiger partial charge on any atom is 0.271 e. The molecule has 2 saturated carbocycles. The number of hydrogen-bond acceptors (Lipinski definition) is 2. The Kier molecular flexibility index (Phi) is 1.76. The Hall–Kier alpha value is -0.350. The molecule has 0 saturated heterocycles. The van der Waals surface area contributed by atoms with Crippen LogP contribution in [0.5, 0.6) is 0 Å². The van der Waals surface area contributed by atoms with Crippen LogP contribution in [0.2, 0.25) is 0 Å². The van der Waals surface area contributed by atoms with E-state index in [0.717, 1.165) is 12.0 Å². The zero-order valence-corrected chi connectivity index (χ0v) is 9.39. The SMILES string of the molecule is C=C1C2CCC(S(=O)(=O)O)(C2)C1(C)C. The van der Waals surface area contributed by atoms with E-state index in [2.05, 4.69) is 6.58 Å². The van der Waals surface area contributed by atoms with Crippen LogP contribution in [0.25, 0.3) is 0 Å². The molecule has 2 bridgehead atoms. The van der Waals surface area contributed by atoms with Crippen LogP contribution < -0.4 is 0 Å². The van der Waals surface area contributed by atoms with Crippen LogP contribution in [0.3, 0.4) is 0 Å². The smallest absolute Gasteiger partial charge is 0.271 e. The molecule has 0 amide bonds. The fraction of sp³-hybridized carbons (Fsp3) is 0.800. The molecular weight excluding hydrogens is 200 g/mol. The second-order valence-electron chi connectivity index (χ2n) is 5.06. The summed E-state index contributed by atoms with van der Waals surface area (Å²) in [4.78, 5) is 0. The van der Waals surface area contributed by atoms with Gasteiger partial charge in [-0.3, -0.25) is 4.55 Å². The zero-order valence-electron chi connectivity index (χ0n) is 8.58. The molecule has 4 heteroatoms. The third kappa shape index (κ3) is 0.885. The van der Waals surface area contributed by atoms with Crippen LogP contribution in [0.1, 0.15) is 33.1 Å². The minimum Gasteiger partial charge on any atom is -0.285 e. The van der Waals surface area contributed by atoms with Gasteiger partial charge in [0.1, 0.15) is 4.75 Å². The molecule has 2 aliphatic rings. The molecule has 0 aromatic heterocycles. The lowest BCUT2D eigenvalue weighted by Crippen LogP contribution is -2.47. The molecule has 0 aromatic rings. The summed E-state index contributed by atoms with van der Waals surface area (Å²) in [6, 6.07) is 0. The lowest BCUT2D eigenvalue weighted by Gasteiger charge is -2.40. The van der Waals surface area contributed by atoms with E-state index in [1.807, 2.05) is 13.8 Å². The Morgan fingerprint density at radius 1 is 1.50 bits per heavy atom. The Morgan fingerprint density at radius 3 is 2.36 bits per heavy atom. The predicted molar refractivity (Wildman–Crippen MR) is 54.5 cm³/mol. The van der Waals surface area contributed by atoms with E-state index in [1.54, 1.807) is 0 Å². The summed E-state index contributed by atoms with van der Waals surface area (Å²) in [5.74, 6) is 0.284. The third-order valence-electron chi connectivity index (χ3n) is 4.40. The zero-order chi connectivity index (χ0) is 10.8. The molecule has 3 nitrogen and oxygen atoms in total. The Labute approximate surface area is 85.0 Å². The molecule has 0 spiro atoms. The summed E-state index contributed by atoms with van der Waals surface area (Å²) < 4.78 is 31.4. The highest BCUT2D eigenvalue weighted by atomic mass is 32.2. The van der Waals surface area contributed by atoms with Crippen molar-refractivity contribution in [3.63, 3.8) is 0 Å². The fourth-order valence-corrected chi connectivity index (χ4v) is 4.80. The van der Waals surface area contributed by atoms with Crippen LogP contribution in [0, 0.1) is 11.3 Å². The largest absolute Gasteiger partial charge is 0.285 e. The lowest BCUT2D eigenvalue weighted by atomic mass is 9.73. The van der Waals surface area contributed by atoms with Gasteiger partial charge in [0.25, 0.3) is 10.1 Å². The van der Waals surface area contributed by atoms with Gasteiger partial charge in [0.15, 0.2) is 0 Å². The molecule has 0 radical (unpaired) electrons. The maximum absolute atomic E-state index is 11.5. The first-order valence-electron chi connectivity index (χ1n) is 4.89. The van der Waals surface area contributed by atoms with Gasteiger partial charge < -0.3 is 0 Å². The number of fused-ring (bicyclic) bond motifs is 2. The van der Waals surface area contributed by atoms with E-state index < -0.39 is 20.3 Å². The van der Waals surface area contributed by atoms with Gasteiger partial charge in [-0.1, -0.05) is 26.0 Å². The summed E-state index contributed by atoms with van der Waals surface area (Å²) in [6.07, 6.45) is 1.97. The quantitative estimate of drug-likeness (QED) is 0.539. The number of allylic oxidation sites excluding steroid dienone is 1. The van der Waals surface area contributed by atoms with Crippen LogP contribution in [-0.4, -0.2) is 17.7 Å². The summed E-state index contributed by atoms with van der Waals surface area (Å²) in [7, 11) is -3.97. The normalized spacial score (nSPS) is 40.5. The fourth-order valence-electron chi connectivity index (χ4n) is 3.23. The standard InChI is InChI=1S/C10H16O3S/c1-7-8-4-5-10(6-8,9(7,2)3)14(11,12)13/h8H,1,4-6H2,2-3H3,(H,11,12,13). The lowest BCUT2D eigenvalue weighted by molar-refractivity contribution is 0.285. The van der Waals surface area contributed by atoms with Crippen LogP contribution >= 0.6 is 0 Å². The van der Waals surface area contributed by atoms with E-state index >= 15 is 0 Å². The number of rotatable bonds is 1. The monoisotopic (exact) mass is 216 g/mol. The van der Waals surface area contributed by atoms with Gasteiger partial charge in [0.2, 0.25) is 0 Å². The van der Waals surface area contributed by atoms with Crippen LogP contribution in [0.4, 0.5) is 0 Å². The molecule has 0 heterocycles. The van der Waals surface area contributed by atoms with E-state index in [-0.39, 0.29) is 5.92 Å². The highest BCUT2D eigenvalue weighted by Crippen LogP contribution is 2.64. The molecule has 2 rings (SSSR count). The Bertz CT molecular complexity index is 394. The minimum absolute atomic E-state index is 0.284. The van der Waals surface area contributed by atoms with Crippen LogP contribution in [-0.2, 0) is 10.1 Å². The molecule has 2 fully saturated rings. The highest BCUT2D eigenvalue weighted by molar-refractivity contribution is 7.87. The van der Waals surface area contributed by atoms with Gasteiger partial charge in [-0.05, 0) is 25.2 Å². The van der Waals surface area contributed by atoms with Crippen molar-refractivity contribution in [1.82, 2.24) is 0 Å². The van der Waals surface area contributed by atoms with Crippen LogP contribution in [0.15, 0.2) is 12.2 Å². The van der Waals surface area contributed by atoms with Gasteiger partial charge >= 0.3 is 0 Å². The molecule has 0 aliphatic heterocycles. The number of hydrogen-bond donors (Lipinski definition) is 1. The molecule has 2 unspecified atom stereocenters. The van der Waals surface area contributed by atoms with Crippen molar-refractivity contribution < 1.29 is 13.0 Å². The maximum atomic E-state index is 11.5. The first-order chi connectivity index (χ1) is 6.22. The van der Waals surface area contributed by atoms with Gasteiger partial charge in [0, 0.05) is 5.41 Å². The molecule has 0 aromatic carbocycles. The predicted octanol–water partition coefficient (Wildman–Crippen LogP) is 2.01. The summed E-state index contributed by atoms with van der Waals surface area (Å²) in [6.45, 7) is 7.73. The molecular formula is C10H16O3S. The van der Waals surface area contributed by atoms with Crippen molar-refractivity contribution in [2.75, 3.05) is 0 Å². The van der Waals surface area contributed by atoms with Crippen molar-refractivity contribution in [3.05, 3.63) is 12.2 Å². The summed E-state index contributed by atoms with van der Waals surface area (Å²) >= 11 is 0. The summed E-state index contributed by atoms with van der Waals surface area (Å²) in [5.41, 5.74) is 0.505. The van der Waals surface area contributed by atoms with Gasteiger partial charge in [0.05, 0.1) is 0 Å². The van der Waals surface area contributed by atoms with Crippen molar-refractivity contribution in [1.29, 1.82) is 0 Å². The van der Waals surface area contributed by atoms with Crippen molar-refractivity contribution in [2.45, 2.75) is 37.9 Å². The second kappa shape index (κ2) is 2.42. The first kappa shape index (κ1) is 10.2. The molecule has 2 aliphatic carbocycles. The average Bonchev–Trinajstić information content (AvgIpc) is 2.51. The van der Waals surface area contributed by atoms with E-state index in [9.17, 15) is 13.0 Å². The van der Waals surface area contributed by atoms with Crippen molar-refractivity contribution >= 4 is 10.1 Å². The topological polar surface area (TPSA) is 54.4 Å². The van der Waals surface area contributed by atoms with E-state index in [4.69, 9.17) is 0 Å². The molecule has 80 valence electrons. The van der Waals surface area contributed by atoms with Crippen molar-refractivity contribution in [3.8, 4) is 0 Å². The van der Waals surface area contributed by atoms with Gasteiger partial charge in [-0.15, -0.1) is 0 Å². The second-order valence-corrected chi connectivity index (χ2v) is 6.79. The van der Waals surface area contributed by atoms with Crippen molar-refractivity contribution in [2.24, 2.45) is 11.3 Å². The molecule has 1 N–H and O–H groups in total. The highest BCUT2D eigenvalue weighted by Gasteiger charge is 2.65. The minimum atomic E-state index is -3.97.